The largest absolute Gasteiger partial charge is 0.497 e. The Balaban J connectivity index is 1.71. The quantitative estimate of drug-likeness (QED) is 0.377. The topological polar surface area (TPSA) is 84.9 Å². The molecule has 186 valence electrons. The van der Waals surface area contributed by atoms with Gasteiger partial charge in [-0.3, -0.25) is 9.10 Å². The fraction of sp³-hybridized carbons (Fsp3) is 0.269. The third-order valence-corrected chi connectivity index (χ3v) is 7.01. The number of halogens is 1. The lowest BCUT2D eigenvalue weighted by molar-refractivity contribution is -0.119. The number of methoxy groups -OCH3 is 1. The summed E-state index contributed by atoms with van der Waals surface area (Å²) in [6.07, 6.45) is 1.40. The van der Waals surface area contributed by atoms with E-state index in [2.05, 4.69) is 5.32 Å². The van der Waals surface area contributed by atoms with Gasteiger partial charge >= 0.3 is 0 Å². The van der Waals surface area contributed by atoms with Crippen molar-refractivity contribution in [1.82, 2.24) is 5.32 Å². The lowest BCUT2D eigenvalue weighted by atomic mass is 10.1. The van der Waals surface area contributed by atoms with Crippen molar-refractivity contribution in [3.63, 3.8) is 0 Å². The highest BCUT2D eigenvalue weighted by atomic mass is 32.2. The van der Waals surface area contributed by atoms with E-state index in [1.165, 1.54) is 12.1 Å². The number of anilines is 1. The molecule has 1 amide bonds. The summed E-state index contributed by atoms with van der Waals surface area (Å²) in [6.45, 7) is 2.27. The van der Waals surface area contributed by atoms with Crippen LogP contribution in [-0.4, -0.2) is 41.1 Å². The Labute approximate surface area is 205 Å². The van der Waals surface area contributed by atoms with Gasteiger partial charge in [0.15, 0.2) is 0 Å². The lowest BCUT2D eigenvalue weighted by Crippen LogP contribution is -2.41. The standard InChI is InChI=1S/C26H29FN2O5S/c1-3-34-23-13-11-22(12-14-23)29(35(31,32)25-15-9-21(27)10-16-25)19-26(30)28-17-5-7-20-6-4-8-24(18-20)33-2/h4,6,8-16,18H,3,5,7,17,19H2,1-2H3,(H,28,30). The van der Waals surface area contributed by atoms with Crippen LogP contribution in [0.5, 0.6) is 11.5 Å². The Kier molecular flexibility index (Phi) is 9.08. The van der Waals surface area contributed by atoms with Crippen molar-refractivity contribution >= 4 is 21.6 Å². The van der Waals surface area contributed by atoms with Gasteiger partial charge in [0.1, 0.15) is 23.9 Å². The number of aryl methyl sites for hydroxylation is 1. The van der Waals surface area contributed by atoms with Gasteiger partial charge in [-0.25, -0.2) is 12.8 Å². The first kappa shape index (κ1) is 26.0. The molecule has 0 aromatic heterocycles. The van der Waals surface area contributed by atoms with Crippen LogP contribution in [0.1, 0.15) is 18.9 Å². The molecule has 0 fully saturated rings. The van der Waals surface area contributed by atoms with Crippen LogP contribution in [0.2, 0.25) is 0 Å². The molecule has 0 bridgehead atoms. The number of hydrogen-bond donors (Lipinski definition) is 1. The number of sulfonamides is 1. The van der Waals surface area contributed by atoms with E-state index in [1.807, 2.05) is 31.2 Å². The predicted octanol–water partition coefficient (Wildman–Crippen LogP) is 4.18. The molecule has 0 saturated carbocycles. The van der Waals surface area contributed by atoms with E-state index in [-0.39, 0.29) is 4.90 Å². The molecule has 7 nitrogen and oxygen atoms in total. The fourth-order valence-electron chi connectivity index (χ4n) is 3.46. The summed E-state index contributed by atoms with van der Waals surface area (Å²) in [6, 6.07) is 18.6. The average molecular weight is 501 g/mol. The van der Waals surface area contributed by atoms with Crippen LogP contribution in [0.4, 0.5) is 10.1 Å². The van der Waals surface area contributed by atoms with Crippen molar-refractivity contribution in [2.24, 2.45) is 0 Å². The molecule has 0 atom stereocenters. The predicted molar refractivity (Wildman–Crippen MR) is 133 cm³/mol. The van der Waals surface area contributed by atoms with Crippen molar-refractivity contribution in [1.29, 1.82) is 0 Å². The Morgan fingerprint density at radius 2 is 1.71 bits per heavy atom. The van der Waals surface area contributed by atoms with Crippen LogP contribution in [0.3, 0.4) is 0 Å². The third kappa shape index (κ3) is 7.19. The minimum absolute atomic E-state index is 0.112. The van der Waals surface area contributed by atoms with Crippen LogP contribution in [0.15, 0.2) is 77.7 Å². The van der Waals surface area contributed by atoms with Crippen molar-refractivity contribution in [3.05, 3.63) is 84.2 Å². The van der Waals surface area contributed by atoms with Crippen molar-refractivity contribution < 1.29 is 27.1 Å². The van der Waals surface area contributed by atoms with Gasteiger partial charge in [-0.05, 0) is 86.0 Å². The SMILES string of the molecule is CCOc1ccc(N(CC(=O)NCCCc2cccc(OC)c2)S(=O)(=O)c2ccc(F)cc2)cc1. The van der Waals surface area contributed by atoms with Crippen LogP contribution < -0.4 is 19.1 Å². The second-order valence-corrected chi connectivity index (χ2v) is 9.56. The molecule has 0 spiro atoms. The highest BCUT2D eigenvalue weighted by Crippen LogP contribution is 2.26. The fourth-order valence-corrected chi connectivity index (χ4v) is 4.88. The molecule has 1 N–H and O–H groups in total. The summed E-state index contributed by atoms with van der Waals surface area (Å²) in [4.78, 5) is 12.6. The van der Waals surface area contributed by atoms with Gasteiger partial charge in [-0.1, -0.05) is 12.1 Å². The molecule has 0 radical (unpaired) electrons. The van der Waals surface area contributed by atoms with Gasteiger partial charge < -0.3 is 14.8 Å². The van der Waals surface area contributed by atoms with E-state index >= 15 is 0 Å². The molecular formula is C26H29FN2O5S. The normalized spacial score (nSPS) is 11.1. The summed E-state index contributed by atoms with van der Waals surface area (Å²) in [5.41, 5.74) is 1.37. The summed E-state index contributed by atoms with van der Waals surface area (Å²) in [5, 5.41) is 2.79. The average Bonchev–Trinajstić information content (AvgIpc) is 2.86. The van der Waals surface area contributed by atoms with Gasteiger partial charge in [0.25, 0.3) is 10.0 Å². The van der Waals surface area contributed by atoms with E-state index in [1.54, 1.807) is 31.4 Å². The molecule has 0 saturated heterocycles. The zero-order chi connectivity index (χ0) is 25.3. The first-order valence-electron chi connectivity index (χ1n) is 11.2. The summed E-state index contributed by atoms with van der Waals surface area (Å²) in [7, 11) is -2.51. The van der Waals surface area contributed by atoms with Gasteiger partial charge in [0, 0.05) is 6.54 Å². The third-order valence-electron chi connectivity index (χ3n) is 5.22. The van der Waals surface area contributed by atoms with Crippen LogP contribution >= 0.6 is 0 Å². The second-order valence-electron chi connectivity index (χ2n) is 7.70. The summed E-state index contributed by atoms with van der Waals surface area (Å²) in [5.74, 6) is 0.349. The van der Waals surface area contributed by atoms with E-state index in [0.29, 0.717) is 31.0 Å². The highest BCUT2D eigenvalue weighted by molar-refractivity contribution is 7.92. The maximum absolute atomic E-state index is 13.4. The Hall–Kier alpha value is -3.59. The van der Waals surface area contributed by atoms with Crippen LogP contribution in [0.25, 0.3) is 0 Å². The monoisotopic (exact) mass is 500 g/mol. The molecule has 0 aliphatic heterocycles. The Bertz CT molecular complexity index is 1220. The number of rotatable bonds is 12. The zero-order valence-corrected chi connectivity index (χ0v) is 20.6. The number of carbonyl (C=O) groups excluding carboxylic acids is 1. The van der Waals surface area contributed by atoms with Gasteiger partial charge in [-0.2, -0.15) is 0 Å². The first-order chi connectivity index (χ1) is 16.8. The van der Waals surface area contributed by atoms with E-state index in [0.717, 1.165) is 34.2 Å². The molecule has 35 heavy (non-hydrogen) atoms. The maximum Gasteiger partial charge on any atom is 0.264 e. The van der Waals surface area contributed by atoms with Gasteiger partial charge in [-0.15, -0.1) is 0 Å². The number of amides is 1. The number of ether oxygens (including phenoxy) is 2. The highest BCUT2D eigenvalue weighted by Gasteiger charge is 2.27. The van der Waals surface area contributed by atoms with E-state index < -0.39 is 28.3 Å². The smallest absolute Gasteiger partial charge is 0.264 e. The van der Waals surface area contributed by atoms with Crippen molar-refractivity contribution in [3.8, 4) is 11.5 Å². The second kappa shape index (κ2) is 12.2. The van der Waals surface area contributed by atoms with Gasteiger partial charge in [0.05, 0.1) is 24.3 Å². The summed E-state index contributed by atoms with van der Waals surface area (Å²) >= 11 is 0. The number of nitrogens with zero attached hydrogens (tertiary/aromatic N) is 1. The lowest BCUT2D eigenvalue weighted by Gasteiger charge is -2.24. The van der Waals surface area contributed by atoms with Crippen molar-refractivity contribution in [2.75, 3.05) is 31.1 Å². The van der Waals surface area contributed by atoms with Crippen molar-refractivity contribution in [2.45, 2.75) is 24.7 Å². The Morgan fingerprint density at radius 3 is 2.37 bits per heavy atom. The molecule has 0 unspecified atom stereocenters. The first-order valence-corrected chi connectivity index (χ1v) is 12.7. The number of carbonyl (C=O) groups is 1. The number of benzene rings is 3. The molecule has 3 aromatic carbocycles. The van der Waals surface area contributed by atoms with Crippen LogP contribution in [0, 0.1) is 5.82 Å². The summed E-state index contributed by atoms with van der Waals surface area (Å²) < 4.78 is 51.7. The molecule has 0 aliphatic carbocycles. The number of hydrogen-bond acceptors (Lipinski definition) is 5. The molecule has 3 aromatic rings. The molecule has 3 rings (SSSR count). The molecular weight excluding hydrogens is 471 g/mol. The van der Waals surface area contributed by atoms with E-state index in [9.17, 15) is 17.6 Å². The minimum atomic E-state index is -4.12. The van der Waals surface area contributed by atoms with E-state index in [4.69, 9.17) is 9.47 Å². The number of nitrogens with one attached hydrogen (secondary N) is 1. The van der Waals surface area contributed by atoms with Crippen LogP contribution in [-0.2, 0) is 21.2 Å². The zero-order valence-electron chi connectivity index (χ0n) is 19.7. The Morgan fingerprint density at radius 1 is 1.00 bits per heavy atom. The maximum atomic E-state index is 13.4. The molecule has 9 heteroatoms. The molecule has 0 aliphatic rings. The molecule has 0 heterocycles. The minimum Gasteiger partial charge on any atom is -0.497 e. The van der Waals surface area contributed by atoms with Gasteiger partial charge in [0.2, 0.25) is 5.91 Å².